The highest BCUT2D eigenvalue weighted by Crippen LogP contribution is 2.50. The van der Waals surface area contributed by atoms with Gasteiger partial charge in [0.2, 0.25) is 0 Å². The molecule has 202 valence electrons. The minimum Gasteiger partial charge on any atom is -0.493 e. The minimum atomic E-state index is -0.300. The van der Waals surface area contributed by atoms with E-state index in [2.05, 4.69) is 82.8 Å². The monoisotopic (exact) mass is 596 g/mol. The molecule has 0 fully saturated rings. The number of ether oxygens (including phenoxy) is 2. The molecule has 0 saturated carbocycles. The van der Waals surface area contributed by atoms with E-state index in [1.807, 2.05) is 12.1 Å². The van der Waals surface area contributed by atoms with Crippen LogP contribution in [0.5, 0.6) is 11.5 Å². The number of methoxy groups -OCH3 is 1. The zero-order valence-corrected chi connectivity index (χ0v) is 24.0. The molecule has 0 spiro atoms. The molecule has 6 rings (SSSR count). The molecule has 1 aliphatic carbocycles. The number of aryl methyl sites for hydroxylation is 1. The van der Waals surface area contributed by atoms with Crippen molar-refractivity contribution in [3.8, 4) is 11.5 Å². The normalized spacial score (nSPS) is 19.2. The topological polar surface area (TPSA) is 42.8 Å². The summed E-state index contributed by atoms with van der Waals surface area (Å²) in [6.07, 6.45) is 7.57. The van der Waals surface area contributed by atoms with E-state index in [1.54, 1.807) is 31.5 Å². The average molecular weight is 598 g/mol. The van der Waals surface area contributed by atoms with E-state index in [4.69, 9.17) is 14.5 Å². The predicted molar refractivity (Wildman–Crippen MR) is 163 cm³/mol. The van der Waals surface area contributed by atoms with E-state index in [-0.39, 0.29) is 18.5 Å². The van der Waals surface area contributed by atoms with Gasteiger partial charge in [0, 0.05) is 23.4 Å². The Balaban J connectivity index is 1.17. The lowest BCUT2D eigenvalue weighted by Gasteiger charge is -2.37. The summed E-state index contributed by atoms with van der Waals surface area (Å²) in [6, 6.07) is 25.8. The van der Waals surface area contributed by atoms with Crippen LogP contribution in [0, 0.1) is 18.7 Å². The first kappa shape index (κ1) is 26.3. The van der Waals surface area contributed by atoms with Gasteiger partial charge >= 0.3 is 0 Å². The van der Waals surface area contributed by atoms with Gasteiger partial charge in [0.05, 0.1) is 23.3 Å². The van der Waals surface area contributed by atoms with Crippen LogP contribution in [0.1, 0.15) is 46.2 Å². The highest BCUT2D eigenvalue weighted by Gasteiger charge is 2.37. The van der Waals surface area contributed by atoms with Gasteiger partial charge in [0.1, 0.15) is 12.4 Å². The van der Waals surface area contributed by atoms with Gasteiger partial charge in [-0.1, -0.05) is 60.2 Å². The molecule has 0 saturated heterocycles. The Morgan fingerprint density at radius 3 is 2.67 bits per heavy atom. The SMILES string of the molecule is COc1cc(C=Nc2ccc([C@@H]3Nc4ccc(C)cc4[C@@H]4C=CC[C@@H]43)cc2)cc(Br)c1OCc1ccccc1F. The maximum absolute atomic E-state index is 14.0. The van der Waals surface area contributed by atoms with Crippen LogP contribution in [0.15, 0.2) is 100 Å². The second-order valence-electron chi connectivity index (χ2n) is 10.3. The van der Waals surface area contributed by atoms with Crippen molar-refractivity contribution < 1.29 is 13.9 Å². The second-order valence-corrected chi connectivity index (χ2v) is 11.2. The Bertz CT molecular complexity index is 1600. The molecule has 0 radical (unpaired) electrons. The molecule has 0 unspecified atom stereocenters. The number of allylic oxidation sites excluding steroid dienone is 2. The van der Waals surface area contributed by atoms with Gasteiger partial charge in [0.15, 0.2) is 11.5 Å². The first-order valence-corrected chi connectivity index (χ1v) is 14.2. The number of nitrogens with one attached hydrogen (secondary N) is 1. The fourth-order valence-electron chi connectivity index (χ4n) is 5.68. The van der Waals surface area contributed by atoms with Gasteiger partial charge in [-0.25, -0.2) is 4.39 Å². The zero-order valence-electron chi connectivity index (χ0n) is 22.4. The predicted octanol–water partition coefficient (Wildman–Crippen LogP) is 9.06. The third-order valence-corrected chi connectivity index (χ3v) is 8.30. The number of aliphatic imine (C=N–C) groups is 1. The molecule has 4 aromatic rings. The Morgan fingerprint density at radius 2 is 1.88 bits per heavy atom. The molecular weight excluding hydrogens is 567 g/mol. The molecule has 4 nitrogen and oxygen atoms in total. The molecule has 1 N–H and O–H groups in total. The largest absolute Gasteiger partial charge is 0.493 e. The van der Waals surface area contributed by atoms with Crippen molar-refractivity contribution in [2.75, 3.05) is 12.4 Å². The maximum Gasteiger partial charge on any atom is 0.175 e. The third kappa shape index (κ3) is 5.28. The van der Waals surface area contributed by atoms with Gasteiger partial charge in [-0.2, -0.15) is 0 Å². The van der Waals surface area contributed by atoms with E-state index >= 15 is 0 Å². The number of nitrogens with zero attached hydrogens (tertiary/aromatic N) is 1. The average Bonchev–Trinajstić information content (AvgIpc) is 3.47. The Morgan fingerprint density at radius 1 is 1.05 bits per heavy atom. The van der Waals surface area contributed by atoms with Gasteiger partial charge in [-0.3, -0.25) is 4.99 Å². The van der Waals surface area contributed by atoms with E-state index in [9.17, 15) is 4.39 Å². The van der Waals surface area contributed by atoms with Gasteiger partial charge in [-0.15, -0.1) is 0 Å². The highest BCUT2D eigenvalue weighted by atomic mass is 79.9. The first-order valence-electron chi connectivity index (χ1n) is 13.4. The molecule has 0 bridgehead atoms. The van der Waals surface area contributed by atoms with Crippen molar-refractivity contribution in [3.63, 3.8) is 0 Å². The van der Waals surface area contributed by atoms with Crippen LogP contribution in [0.3, 0.4) is 0 Å². The fourth-order valence-corrected chi connectivity index (χ4v) is 6.25. The standard InChI is InChI=1S/C34H30BrFN2O2/c1-21-10-15-31-28(16-21)26-7-5-8-27(26)33(38-31)23-11-13-25(14-12-23)37-19-22-17-29(35)34(32(18-22)39-2)40-20-24-6-3-4-9-30(24)36/h3-7,9-19,26-27,33,38H,8,20H2,1-2H3/t26-,27+,33+/m1/s1. The van der Waals surface area contributed by atoms with Crippen molar-refractivity contribution in [1.29, 1.82) is 0 Å². The summed E-state index contributed by atoms with van der Waals surface area (Å²) in [7, 11) is 1.58. The lowest BCUT2D eigenvalue weighted by molar-refractivity contribution is 0.278. The Kier molecular flexibility index (Phi) is 7.44. The number of hydrogen-bond acceptors (Lipinski definition) is 4. The van der Waals surface area contributed by atoms with E-state index in [0.29, 0.717) is 33.4 Å². The van der Waals surface area contributed by atoms with Crippen LogP contribution in [0.2, 0.25) is 0 Å². The van der Waals surface area contributed by atoms with Crippen molar-refractivity contribution in [1.82, 2.24) is 0 Å². The molecule has 6 heteroatoms. The molecule has 0 amide bonds. The molecule has 1 aliphatic heterocycles. The fraction of sp³-hybridized carbons (Fsp3) is 0.206. The first-order chi connectivity index (χ1) is 19.5. The summed E-state index contributed by atoms with van der Waals surface area (Å²) < 4.78 is 26.2. The molecule has 1 heterocycles. The number of rotatable bonds is 7. The number of fused-ring (bicyclic) bond motifs is 3. The Hall–Kier alpha value is -3.90. The van der Waals surface area contributed by atoms with Gasteiger partial charge in [0.25, 0.3) is 0 Å². The maximum atomic E-state index is 14.0. The third-order valence-electron chi connectivity index (χ3n) is 7.71. The van der Waals surface area contributed by atoms with Crippen LogP contribution in [-0.2, 0) is 6.61 Å². The smallest absolute Gasteiger partial charge is 0.175 e. The molecule has 0 aromatic heterocycles. The lowest BCUT2D eigenvalue weighted by Crippen LogP contribution is -2.29. The number of halogens is 2. The summed E-state index contributed by atoms with van der Waals surface area (Å²) in [5.41, 5.74) is 7.40. The van der Waals surface area contributed by atoms with Crippen molar-refractivity contribution >= 4 is 33.5 Å². The molecular formula is C34H30BrFN2O2. The summed E-state index contributed by atoms with van der Waals surface area (Å²) in [6.45, 7) is 2.25. The summed E-state index contributed by atoms with van der Waals surface area (Å²) >= 11 is 3.58. The van der Waals surface area contributed by atoms with Crippen LogP contribution < -0.4 is 14.8 Å². The summed E-state index contributed by atoms with van der Waals surface area (Å²) in [5.74, 6) is 1.72. The quantitative estimate of drug-likeness (QED) is 0.171. The van der Waals surface area contributed by atoms with Gasteiger partial charge in [-0.05, 0) is 88.3 Å². The molecule has 4 aromatic carbocycles. The van der Waals surface area contributed by atoms with Crippen molar-refractivity contribution in [2.24, 2.45) is 10.9 Å². The second kappa shape index (κ2) is 11.3. The number of benzene rings is 4. The molecule has 3 atom stereocenters. The van der Waals surface area contributed by atoms with Crippen LogP contribution >= 0.6 is 15.9 Å². The van der Waals surface area contributed by atoms with E-state index in [0.717, 1.165) is 17.7 Å². The minimum absolute atomic E-state index is 0.0974. The van der Waals surface area contributed by atoms with Crippen LogP contribution in [0.25, 0.3) is 0 Å². The van der Waals surface area contributed by atoms with Crippen molar-refractivity contribution in [2.45, 2.75) is 31.9 Å². The van der Waals surface area contributed by atoms with Gasteiger partial charge < -0.3 is 14.8 Å². The number of hydrogen-bond donors (Lipinski definition) is 1. The van der Waals surface area contributed by atoms with Crippen LogP contribution in [0.4, 0.5) is 15.8 Å². The Labute approximate surface area is 242 Å². The van der Waals surface area contributed by atoms with E-state index in [1.165, 1.54) is 28.4 Å². The lowest BCUT2D eigenvalue weighted by atomic mass is 9.76. The summed E-state index contributed by atoms with van der Waals surface area (Å²) in [4.78, 5) is 4.70. The van der Waals surface area contributed by atoms with Crippen LogP contribution in [-0.4, -0.2) is 13.3 Å². The molecule has 2 aliphatic rings. The zero-order chi connectivity index (χ0) is 27.6. The van der Waals surface area contributed by atoms with E-state index < -0.39 is 0 Å². The molecule has 40 heavy (non-hydrogen) atoms. The van der Waals surface area contributed by atoms with Crippen molar-refractivity contribution in [3.05, 3.63) is 129 Å². The number of anilines is 1. The summed E-state index contributed by atoms with van der Waals surface area (Å²) in [5, 5.41) is 3.81. The highest BCUT2D eigenvalue weighted by molar-refractivity contribution is 9.10.